The van der Waals surface area contributed by atoms with Gasteiger partial charge in [-0.3, -0.25) is 9.59 Å². The fourth-order valence-electron chi connectivity index (χ4n) is 1.61. The highest BCUT2D eigenvalue weighted by atomic mass is 79.9. The zero-order chi connectivity index (χ0) is 14.6. The van der Waals surface area contributed by atoms with Crippen LogP contribution >= 0.6 is 15.9 Å². The van der Waals surface area contributed by atoms with E-state index in [4.69, 9.17) is 5.11 Å². The third-order valence-electron chi connectivity index (χ3n) is 2.85. The maximum atomic E-state index is 13.2. The van der Waals surface area contributed by atoms with Gasteiger partial charge in [-0.2, -0.15) is 0 Å². The summed E-state index contributed by atoms with van der Waals surface area (Å²) in [4.78, 5) is 24.4. The number of amides is 1. The smallest absolute Gasteiger partial charge is 0.323 e. The van der Waals surface area contributed by atoms with Crippen molar-refractivity contribution in [1.29, 1.82) is 0 Å². The molecule has 1 N–H and O–H groups in total. The van der Waals surface area contributed by atoms with Crippen LogP contribution in [0.4, 0.5) is 4.39 Å². The monoisotopic (exact) mass is 331 g/mol. The van der Waals surface area contributed by atoms with E-state index in [1.54, 1.807) is 6.92 Å². The lowest BCUT2D eigenvalue weighted by Crippen LogP contribution is -2.42. The van der Waals surface area contributed by atoms with Crippen LogP contribution in [0.2, 0.25) is 0 Å². The number of benzene rings is 1. The van der Waals surface area contributed by atoms with Gasteiger partial charge in [-0.05, 0) is 47.5 Å². The Morgan fingerprint density at radius 2 is 2.11 bits per heavy atom. The summed E-state index contributed by atoms with van der Waals surface area (Å²) in [6.07, 6.45) is 0.617. The van der Waals surface area contributed by atoms with Crippen LogP contribution in [-0.2, 0) is 4.79 Å². The first-order valence-corrected chi connectivity index (χ1v) is 6.64. The summed E-state index contributed by atoms with van der Waals surface area (Å²) in [5.41, 5.74) is 0.126. The van der Waals surface area contributed by atoms with Gasteiger partial charge in [0.1, 0.15) is 12.4 Å². The van der Waals surface area contributed by atoms with Crippen LogP contribution in [0.1, 0.15) is 30.6 Å². The topological polar surface area (TPSA) is 57.6 Å². The van der Waals surface area contributed by atoms with Crippen molar-refractivity contribution >= 4 is 27.8 Å². The van der Waals surface area contributed by atoms with E-state index in [0.717, 1.165) is 6.07 Å². The number of nitrogens with zero attached hydrogens (tertiary/aromatic N) is 1. The first-order chi connectivity index (χ1) is 8.86. The molecule has 104 valence electrons. The lowest BCUT2D eigenvalue weighted by atomic mass is 10.1. The van der Waals surface area contributed by atoms with Crippen molar-refractivity contribution in [1.82, 2.24) is 4.90 Å². The molecule has 6 heteroatoms. The SMILES string of the molecule is CCC(C)N(CC(=O)O)C(=O)c1cc(F)ccc1Br. The van der Waals surface area contributed by atoms with Gasteiger partial charge in [-0.15, -0.1) is 0 Å². The van der Waals surface area contributed by atoms with Gasteiger partial charge in [0, 0.05) is 10.5 Å². The Balaban J connectivity index is 3.11. The van der Waals surface area contributed by atoms with Crippen LogP contribution in [0.15, 0.2) is 22.7 Å². The zero-order valence-electron chi connectivity index (χ0n) is 10.7. The average Bonchev–Trinajstić information content (AvgIpc) is 2.37. The van der Waals surface area contributed by atoms with E-state index in [1.165, 1.54) is 17.0 Å². The van der Waals surface area contributed by atoms with E-state index in [9.17, 15) is 14.0 Å². The molecule has 0 heterocycles. The molecule has 1 aromatic rings. The first-order valence-electron chi connectivity index (χ1n) is 5.84. The molecule has 0 radical (unpaired) electrons. The average molecular weight is 332 g/mol. The molecule has 0 aromatic heterocycles. The number of carboxylic acid groups (broad SMARTS) is 1. The number of aliphatic carboxylic acids is 1. The summed E-state index contributed by atoms with van der Waals surface area (Å²) in [5, 5.41) is 8.87. The van der Waals surface area contributed by atoms with Gasteiger partial charge in [0.25, 0.3) is 5.91 Å². The van der Waals surface area contributed by atoms with Crippen molar-refractivity contribution in [2.24, 2.45) is 0 Å². The van der Waals surface area contributed by atoms with E-state index in [1.807, 2.05) is 6.92 Å². The van der Waals surface area contributed by atoms with Crippen molar-refractivity contribution in [2.75, 3.05) is 6.54 Å². The lowest BCUT2D eigenvalue weighted by Gasteiger charge is -2.27. The molecule has 0 spiro atoms. The largest absolute Gasteiger partial charge is 0.480 e. The van der Waals surface area contributed by atoms with Gasteiger partial charge in [-0.1, -0.05) is 6.92 Å². The fourth-order valence-corrected chi connectivity index (χ4v) is 2.03. The predicted molar refractivity (Wildman–Crippen MR) is 72.5 cm³/mol. The van der Waals surface area contributed by atoms with Crippen molar-refractivity contribution in [3.63, 3.8) is 0 Å². The number of rotatable bonds is 5. The molecule has 0 aliphatic carbocycles. The number of carbonyl (C=O) groups excluding carboxylic acids is 1. The Labute approximate surface area is 119 Å². The normalized spacial score (nSPS) is 12.0. The number of halogens is 2. The van der Waals surface area contributed by atoms with Crippen LogP contribution < -0.4 is 0 Å². The van der Waals surface area contributed by atoms with Crippen LogP contribution in [0.25, 0.3) is 0 Å². The fraction of sp³-hybridized carbons (Fsp3) is 0.385. The molecule has 0 bridgehead atoms. The second kappa shape index (κ2) is 6.65. The lowest BCUT2D eigenvalue weighted by molar-refractivity contribution is -0.138. The molecule has 1 atom stereocenters. The minimum atomic E-state index is -1.10. The highest BCUT2D eigenvalue weighted by molar-refractivity contribution is 9.10. The van der Waals surface area contributed by atoms with E-state index in [0.29, 0.717) is 10.9 Å². The molecule has 1 unspecified atom stereocenters. The van der Waals surface area contributed by atoms with Crippen LogP contribution in [0, 0.1) is 5.82 Å². The second-order valence-electron chi connectivity index (χ2n) is 4.21. The summed E-state index contributed by atoms with van der Waals surface area (Å²) < 4.78 is 13.7. The number of hydrogen-bond donors (Lipinski definition) is 1. The predicted octanol–water partition coefficient (Wildman–Crippen LogP) is 2.91. The maximum Gasteiger partial charge on any atom is 0.323 e. The molecular weight excluding hydrogens is 317 g/mol. The maximum absolute atomic E-state index is 13.2. The van der Waals surface area contributed by atoms with Gasteiger partial charge in [0.2, 0.25) is 0 Å². The number of carbonyl (C=O) groups is 2. The molecule has 0 aliphatic heterocycles. The Morgan fingerprint density at radius 3 is 2.63 bits per heavy atom. The summed E-state index contributed by atoms with van der Waals surface area (Å²) in [6.45, 7) is 3.21. The van der Waals surface area contributed by atoms with Gasteiger partial charge in [-0.25, -0.2) is 4.39 Å². The third kappa shape index (κ3) is 4.02. The quantitative estimate of drug-likeness (QED) is 0.902. The molecular formula is C13H15BrFNO3. The minimum absolute atomic E-state index is 0.126. The van der Waals surface area contributed by atoms with Gasteiger partial charge < -0.3 is 10.0 Å². The Morgan fingerprint density at radius 1 is 1.47 bits per heavy atom. The van der Waals surface area contributed by atoms with Crippen LogP contribution in [0.5, 0.6) is 0 Å². The van der Waals surface area contributed by atoms with Crippen molar-refractivity contribution in [2.45, 2.75) is 26.3 Å². The Hall–Kier alpha value is -1.43. The Kier molecular flexibility index (Phi) is 5.47. The van der Waals surface area contributed by atoms with Crippen molar-refractivity contribution in [3.8, 4) is 0 Å². The Bertz CT molecular complexity index is 493. The summed E-state index contributed by atoms with van der Waals surface area (Å²) in [7, 11) is 0. The molecule has 1 amide bonds. The molecule has 0 fully saturated rings. The molecule has 4 nitrogen and oxygen atoms in total. The summed E-state index contributed by atoms with van der Waals surface area (Å²) in [5.74, 6) is -2.13. The molecule has 0 saturated carbocycles. The minimum Gasteiger partial charge on any atom is -0.480 e. The van der Waals surface area contributed by atoms with Crippen LogP contribution in [0.3, 0.4) is 0 Å². The summed E-state index contributed by atoms with van der Waals surface area (Å²) in [6, 6.07) is 3.52. The van der Waals surface area contributed by atoms with Crippen molar-refractivity contribution in [3.05, 3.63) is 34.1 Å². The van der Waals surface area contributed by atoms with E-state index in [-0.39, 0.29) is 11.6 Å². The van der Waals surface area contributed by atoms with E-state index >= 15 is 0 Å². The third-order valence-corrected chi connectivity index (χ3v) is 3.54. The van der Waals surface area contributed by atoms with Gasteiger partial charge in [0.15, 0.2) is 0 Å². The van der Waals surface area contributed by atoms with Gasteiger partial charge >= 0.3 is 5.97 Å². The van der Waals surface area contributed by atoms with Gasteiger partial charge in [0.05, 0.1) is 5.56 Å². The number of hydrogen-bond acceptors (Lipinski definition) is 2. The highest BCUT2D eigenvalue weighted by Crippen LogP contribution is 2.21. The zero-order valence-corrected chi connectivity index (χ0v) is 12.3. The first kappa shape index (κ1) is 15.6. The molecule has 19 heavy (non-hydrogen) atoms. The van der Waals surface area contributed by atoms with E-state index in [2.05, 4.69) is 15.9 Å². The standard InChI is InChI=1S/C13H15BrFNO3/c1-3-8(2)16(7-12(17)18)13(19)10-6-9(15)4-5-11(10)14/h4-6,8H,3,7H2,1-2H3,(H,17,18). The highest BCUT2D eigenvalue weighted by Gasteiger charge is 2.24. The molecule has 0 aliphatic rings. The van der Waals surface area contributed by atoms with Crippen LogP contribution in [-0.4, -0.2) is 34.5 Å². The van der Waals surface area contributed by atoms with E-state index < -0.39 is 24.2 Å². The van der Waals surface area contributed by atoms with Crippen molar-refractivity contribution < 1.29 is 19.1 Å². The second-order valence-corrected chi connectivity index (χ2v) is 5.06. The molecule has 1 aromatic carbocycles. The number of carboxylic acids is 1. The molecule has 0 saturated heterocycles. The molecule has 1 rings (SSSR count). The summed E-state index contributed by atoms with van der Waals surface area (Å²) >= 11 is 3.18.